The first-order chi connectivity index (χ1) is 14.4. The summed E-state index contributed by atoms with van der Waals surface area (Å²) in [5.74, 6) is -0.330. The molecule has 0 saturated carbocycles. The summed E-state index contributed by atoms with van der Waals surface area (Å²) in [6.45, 7) is 7.25. The van der Waals surface area contributed by atoms with Crippen molar-refractivity contribution in [3.63, 3.8) is 0 Å². The fourth-order valence-corrected chi connectivity index (χ4v) is 3.99. The number of fused-ring (bicyclic) bond motifs is 1. The van der Waals surface area contributed by atoms with Crippen molar-refractivity contribution < 1.29 is 23.9 Å². The second-order valence-electron chi connectivity index (χ2n) is 7.60. The lowest BCUT2D eigenvalue weighted by molar-refractivity contribution is -0.0586. The van der Waals surface area contributed by atoms with Crippen LogP contribution >= 0.6 is 0 Å². The zero-order chi connectivity index (χ0) is 21.4. The van der Waals surface area contributed by atoms with Crippen molar-refractivity contribution in [1.29, 1.82) is 0 Å². The zero-order valence-corrected chi connectivity index (χ0v) is 17.3. The van der Waals surface area contributed by atoms with Gasteiger partial charge in [0.25, 0.3) is 17.7 Å². The van der Waals surface area contributed by atoms with E-state index in [0.717, 1.165) is 4.90 Å². The number of carbonyl (C=O) groups is 3. The number of amides is 3. The maximum absolute atomic E-state index is 13.0. The minimum Gasteiger partial charge on any atom is -0.494 e. The van der Waals surface area contributed by atoms with Crippen molar-refractivity contribution in [2.75, 3.05) is 24.6 Å². The van der Waals surface area contributed by atoms with Crippen LogP contribution in [0.25, 0.3) is 0 Å². The first kappa shape index (κ1) is 20.1. The predicted molar refractivity (Wildman–Crippen MR) is 111 cm³/mol. The number of morpholine rings is 1. The normalized spacial score (nSPS) is 21.0. The van der Waals surface area contributed by atoms with Crippen LogP contribution in [0, 0.1) is 0 Å². The van der Waals surface area contributed by atoms with Crippen LogP contribution in [0.1, 0.15) is 51.8 Å². The Labute approximate surface area is 175 Å². The lowest BCUT2D eigenvalue weighted by Crippen LogP contribution is -2.48. The van der Waals surface area contributed by atoms with Gasteiger partial charge in [0.1, 0.15) is 5.75 Å². The molecule has 4 rings (SSSR count). The van der Waals surface area contributed by atoms with Crippen LogP contribution < -0.4 is 9.64 Å². The van der Waals surface area contributed by atoms with E-state index >= 15 is 0 Å². The van der Waals surface area contributed by atoms with Crippen molar-refractivity contribution >= 4 is 23.4 Å². The second-order valence-corrected chi connectivity index (χ2v) is 7.60. The summed E-state index contributed by atoms with van der Waals surface area (Å²) in [7, 11) is 0. The fraction of sp³-hybridized carbons (Fsp3) is 0.348. The van der Waals surface area contributed by atoms with Crippen molar-refractivity contribution in [3.8, 4) is 5.75 Å². The van der Waals surface area contributed by atoms with Gasteiger partial charge >= 0.3 is 0 Å². The molecule has 2 heterocycles. The molecule has 3 amide bonds. The maximum atomic E-state index is 13.0. The molecule has 0 bridgehead atoms. The predicted octanol–water partition coefficient (Wildman–Crippen LogP) is 3.14. The molecule has 7 heteroatoms. The monoisotopic (exact) mass is 408 g/mol. The minimum atomic E-state index is -0.433. The molecular weight excluding hydrogens is 384 g/mol. The van der Waals surface area contributed by atoms with Crippen LogP contribution in [0.5, 0.6) is 5.75 Å². The van der Waals surface area contributed by atoms with E-state index in [1.54, 1.807) is 41.3 Å². The highest BCUT2D eigenvalue weighted by Gasteiger charge is 2.37. The number of benzene rings is 2. The number of hydrogen-bond donors (Lipinski definition) is 0. The van der Waals surface area contributed by atoms with Gasteiger partial charge in [-0.25, -0.2) is 4.90 Å². The van der Waals surface area contributed by atoms with Gasteiger partial charge in [0.2, 0.25) is 0 Å². The highest BCUT2D eigenvalue weighted by atomic mass is 16.5. The molecule has 2 aromatic rings. The minimum absolute atomic E-state index is 0.0505. The van der Waals surface area contributed by atoms with E-state index in [4.69, 9.17) is 9.47 Å². The molecule has 30 heavy (non-hydrogen) atoms. The zero-order valence-electron chi connectivity index (χ0n) is 17.3. The fourth-order valence-electron chi connectivity index (χ4n) is 3.99. The summed E-state index contributed by atoms with van der Waals surface area (Å²) in [6, 6.07) is 11.5. The van der Waals surface area contributed by atoms with E-state index in [1.807, 2.05) is 20.8 Å². The molecule has 156 valence electrons. The highest BCUT2D eigenvalue weighted by Crippen LogP contribution is 2.30. The van der Waals surface area contributed by atoms with Crippen molar-refractivity contribution in [3.05, 3.63) is 59.2 Å². The second kappa shape index (κ2) is 7.91. The molecule has 2 aliphatic rings. The average Bonchev–Trinajstić information content (AvgIpc) is 2.97. The Balaban J connectivity index is 1.59. The van der Waals surface area contributed by atoms with Gasteiger partial charge in [0.15, 0.2) is 0 Å². The molecule has 2 aromatic carbocycles. The van der Waals surface area contributed by atoms with Crippen LogP contribution in [0.15, 0.2) is 42.5 Å². The van der Waals surface area contributed by atoms with E-state index in [1.165, 1.54) is 6.07 Å². The van der Waals surface area contributed by atoms with E-state index < -0.39 is 11.8 Å². The lowest BCUT2D eigenvalue weighted by atomic mass is 10.0. The van der Waals surface area contributed by atoms with Crippen LogP contribution in [0.3, 0.4) is 0 Å². The third-order valence-electron chi connectivity index (χ3n) is 5.25. The van der Waals surface area contributed by atoms with E-state index in [2.05, 4.69) is 0 Å². The Hall–Kier alpha value is -3.19. The number of imide groups is 1. The Bertz CT molecular complexity index is 991. The molecule has 7 nitrogen and oxygen atoms in total. The van der Waals surface area contributed by atoms with Gasteiger partial charge in [-0.15, -0.1) is 0 Å². The lowest BCUT2D eigenvalue weighted by Gasteiger charge is -2.35. The topological polar surface area (TPSA) is 76.2 Å². The van der Waals surface area contributed by atoms with E-state index in [0.29, 0.717) is 42.3 Å². The Morgan fingerprint density at radius 2 is 1.63 bits per heavy atom. The Morgan fingerprint density at radius 1 is 1.00 bits per heavy atom. The Kier molecular flexibility index (Phi) is 5.30. The van der Waals surface area contributed by atoms with E-state index in [9.17, 15) is 14.4 Å². The van der Waals surface area contributed by atoms with E-state index in [-0.39, 0.29) is 23.7 Å². The molecule has 0 aromatic heterocycles. The van der Waals surface area contributed by atoms with Crippen molar-refractivity contribution in [2.45, 2.75) is 33.0 Å². The molecule has 0 aliphatic carbocycles. The summed E-state index contributed by atoms with van der Waals surface area (Å²) in [4.78, 5) is 41.7. The molecule has 2 unspecified atom stereocenters. The third kappa shape index (κ3) is 3.57. The Morgan fingerprint density at radius 3 is 2.27 bits per heavy atom. The molecule has 0 N–H and O–H groups in total. The first-order valence-electron chi connectivity index (χ1n) is 10.1. The SMILES string of the molecule is CCOc1ccc(N2C(=O)c3ccc(C(=O)N4CC(C)OC(C)C4)cc3C2=O)cc1. The first-order valence-corrected chi connectivity index (χ1v) is 10.1. The summed E-state index contributed by atoms with van der Waals surface area (Å²) in [5, 5.41) is 0. The largest absolute Gasteiger partial charge is 0.494 e. The van der Waals surface area contributed by atoms with Crippen molar-refractivity contribution in [2.24, 2.45) is 0 Å². The van der Waals surface area contributed by atoms with Gasteiger partial charge in [0, 0.05) is 18.7 Å². The highest BCUT2D eigenvalue weighted by molar-refractivity contribution is 6.34. The maximum Gasteiger partial charge on any atom is 0.266 e. The number of nitrogens with zero attached hydrogens (tertiary/aromatic N) is 2. The quantitative estimate of drug-likeness (QED) is 0.727. The third-order valence-corrected chi connectivity index (χ3v) is 5.25. The van der Waals surface area contributed by atoms with Gasteiger partial charge in [-0.2, -0.15) is 0 Å². The van der Waals surface area contributed by atoms with Gasteiger partial charge in [-0.05, 0) is 63.2 Å². The van der Waals surface area contributed by atoms with Gasteiger partial charge in [-0.3, -0.25) is 14.4 Å². The summed E-state index contributed by atoms with van der Waals surface area (Å²) in [5.41, 5.74) is 1.40. The number of ether oxygens (including phenoxy) is 2. The van der Waals surface area contributed by atoms with Crippen molar-refractivity contribution in [1.82, 2.24) is 4.90 Å². The average molecular weight is 408 g/mol. The smallest absolute Gasteiger partial charge is 0.266 e. The number of carbonyl (C=O) groups excluding carboxylic acids is 3. The summed E-state index contributed by atoms with van der Waals surface area (Å²) >= 11 is 0. The molecule has 1 saturated heterocycles. The molecule has 0 spiro atoms. The number of hydrogen-bond acceptors (Lipinski definition) is 5. The van der Waals surface area contributed by atoms with Gasteiger partial charge in [0.05, 0.1) is 35.6 Å². The molecule has 2 aliphatic heterocycles. The molecule has 1 fully saturated rings. The molecular formula is C23H24N2O5. The number of anilines is 1. The number of rotatable bonds is 4. The molecule has 0 radical (unpaired) electrons. The molecule has 2 atom stereocenters. The van der Waals surface area contributed by atoms with Gasteiger partial charge < -0.3 is 14.4 Å². The summed E-state index contributed by atoms with van der Waals surface area (Å²) < 4.78 is 11.1. The summed E-state index contributed by atoms with van der Waals surface area (Å²) in [6.07, 6.45) is -0.101. The van der Waals surface area contributed by atoms with Crippen LogP contribution in [-0.4, -0.2) is 54.5 Å². The van der Waals surface area contributed by atoms with Gasteiger partial charge in [-0.1, -0.05) is 0 Å². The van der Waals surface area contributed by atoms with Crippen LogP contribution in [-0.2, 0) is 4.74 Å². The standard InChI is InChI=1S/C23H24N2O5/c1-4-29-18-8-6-17(7-9-18)25-22(27)19-10-5-16(11-20(19)23(25)28)21(26)24-12-14(2)30-15(3)13-24/h5-11,14-15H,4,12-13H2,1-3H3. The van der Waals surface area contributed by atoms with Crippen LogP contribution in [0.2, 0.25) is 0 Å². The van der Waals surface area contributed by atoms with Crippen LogP contribution in [0.4, 0.5) is 5.69 Å².